The Labute approximate surface area is 220 Å². The SMILES string of the molecule is CC(C)(C)c1cc(C(=O)CN2Cc3ccc(C4CC4)nc3C2=N)cc2c1OC(CC(=O)O)C(=O)N2CC#N. The van der Waals surface area contributed by atoms with Crippen LogP contribution in [0.15, 0.2) is 24.3 Å². The van der Waals surface area contributed by atoms with Crippen LogP contribution < -0.4 is 9.64 Å². The zero-order valence-electron chi connectivity index (χ0n) is 21.6. The highest BCUT2D eigenvalue weighted by atomic mass is 16.5. The van der Waals surface area contributed by atoms with Crippen LogP contribution in [0.1, 0.15) is 78.8 Å². The fourth-order valence-electron chi connectivity index (χ4n) is 4.94. The first kappa shape index (κ1) is 25.4. The number of carbonyl (C=O) groups excluding carboxylic acids is 2. The van der Waals surface area contributed by atoms with Gasteiger partial charge in [-0.3, -0.25) is 24.7 Å². The maximum absolute atomic E-state index is 13.6. The summed E-state index contributed by atoms with van der Waals surface area (Å²) >= 11 is 0. The van der Waals surface area contributed by atoms with E-state index in [2.05, 4.69) is 4.98 Å². The number of hydrogen-bond acceptors (Lipinski definition) is 7. The minimum Gasteiger partial charge on any atom is -0.481 e. The molecular weight excluding hydrogens is 486 g/mol. The molecule has 196 valence electrons. The number of rotatable bonds is 7. The quantitative estimate of drug-likeness (QED) is 0.421. The predicted molar refractivity (Wildman–Crippen MR) is 138 cm³/mol. The Bertz CT molecular complexity index is 1420. The summed E-state index contributed by atoms with van der Waals surface area (Å²) in [5.41, 5.74) is 3.22. The highest BCUT2D eigenvalue weighted by molar-refractivity contribution is 6.07. The van der Waals surface area contributed by atoms with Gasteiger partial charge in [0, 0.05) is 34.8 Å². The molecule has 10 heteroatoms. The van der Waals surface area contributed by atoms with Gasteiger partial charge in [-0.1, -0.05) is 26.8 Å². The first-order valence-electron chi connectivity index (χ1n) is 12.6. The number of ether oxygens (including phenoxy) is 1. The van der Waals surface area contributed by atoms with Crippen LogP contribution in [0.5, 0.6) is 5.75 Å². The Hall–Kier alpha value is -4.26. The zero-order chi connectivity index (χ0) is 27.4. The van der Waals surface area contributed by atoms with Crippen LogP contribution in [0.4, 0.5) is 5.69 Å². The number of fused-ring (bicyclic) bond motifs is 2. The number of carboxylic acid groups (broad SMARTS) is 1. The van der Waals surface area contributed by atoms with Gasteiger partial charge in [-0.15, -0.1) is 0 Å². The normalized spacial score (nSPS) is 18.5. The van der Waals surface area contributed by atoms with Crippen molar-refractivity contribution < 1.29 is 24.2 Å². The average molecular weight is 516 g/mol. The fourth-order valence-corrected chi connectivity index (χ4v) is 4.94. The zero-order valence-corrected chi connectivity index (χ0v) is 21.6. The molecule has 1 atom stereocenters. The number of carbonyl (C=O) groups is 3. The third-order valence-corrected chi connectivity index (χ3v) is 7.11. The van der Waals surface area contributed by atoms with E-state index in [1.165, 1.54) is 11.0 Å². The highest BCUT2D eigenvalue weighted by Gasteiger charge is 2.40. The molecule has 0 saturated heterocycles. The average Bonchev–Trinajstić information content (AvgIpc) is 3.65. The Morgan fingerprint density at radius 2 is 2.00 bits per heavy atom. The van der Waals surface area contributed by atoms with Gasteiger partial charge >= 0.3 is 5.97 Å². The maximum atomic E-state index is 13.6. The summed E-state index contributed by atoms with van der Waals surface area (Å²) in [4.78, 5) is 45.5. The van der Waals surface area contributed by atoms with E-state index in [0.717, 1.165) is 24.1 Å². The molecule has 38 heavy (non-hydrogen) atoms. The number of Topliss-reactive ketones (excluding diaryl/α,β-unsaturated/α-hetero) is 1. The Balaban J connectivity index is 1.47. The van der Waals surface area contributed by atoms with E-state index in [1.807, 2.05) is 39.0 Å². The molecule has 1 aromatic carbocycles. The van der Waals surface area contributed by atoms with Gasteiger partial charge in [-0.05, 0) is 36.5 Å². The van der Waals surface area contributed by atoms with E-state index in [4.69, 9.17) is 10.1 Å². The Morgan fingerprint density at radius 1 is 1.26 bits per heavy atom. The first-order valence-corrected chi connectivity index (χ1v) is 12.6. The number of nitriles is 1. The molecule has 1 amide bonds. The van der Waals surface area contributed by atoms with Crippen LogP contribution in [0, 0.1) is 16.7 Å². The van der Waals surface area contributed by atoms with Crippen molar-refractivity contribution in [3.05, 3.63) is 52.3 Å². The van der Waals surface area contributed by atoms with Gasteiger partial charge in [0.15, 0.2) is 11.9 Å². The molecule has 2 aliphatic heterocycles. The van der Waals surface area contributed by atoms with Crippen LogP contribution in [0.2, 0.25) is 0 Å². The summed E-state index contributed by atoms with van der Waals surface area (Å²) in [6.07, 6.45) is 0.412. The Morgan fingerprint density at radius 3 is 2.63 bits per heavy atom. The molecular formula is C28H29N5O5. The van der Waals surface area contributed by atoms with Gasteiger partial charge < -0.3 is 14.7 Å². The van der Waals surface area contributed by atoms with E-state index in [9.17, 15) is 24.8 Å². The Kier molecular flexibility index (Phi) is 6.18. The number of amides is 1. The summed E-state index contributed by atoms with van der Waals surface area (Å²) < 4.78 is 5.91. The van der Waals surface area contributed by atoms with Gasteiger partial charge in [0.05, 0.1) is 24.7 Å². The van der Waals surface area contributed by atoms with E-state index < -0.39 is 29.8 Å². The molecule has 1 unspecified atom stereocenters. The number of anilines is 1. The topological polar surface area (TPSA) is 148 Å². The number of aromatic nitrogens is 1. The van der Waals surface area contributed by atoms with Crippen molar-refractivity contribution in [3.63, 3.8) is 0 Å². The van der Waals surface area contributed by atoms with Crippen LogP contribution in [-0.2, 0) is 21.5 Å². The maximum Gasteiger partial charge on any atom is 0.307 e. The number of nitrogens with one attached hydrogen (secondary N) is 1. The molecule has 10 nitrogen and oxygen atoms in total. The van der Waals surface area contributed by atoms with Crippen LogP contribution in [-0.4, -0.2) is 57.7 Å². The second-order valence-corrected chi connectivity index (χ2v) is 11.1. The predicted octanol–water partition coefficient (Wildman–Crippen LogP) is 3.37. The molecule has 2 aromatic rings. The summed E-state index contributed by atoms with van der Waals surface area (Å²) in [6.45, 7) is 5.82. The first-order chi connectivity index (χ1) is 18.0. The lowest BCUT2D eigenvalue weighted by Crippen LogP contribution is -2.47. The van der Waals surface area contributed by atoms with E-state index in [1.54, 1.807) is 11.0 Å². The van der Waals surface area contributed by atoms with E-state index in [0.29, 0.717) is 35.0 Å². The van der Waals surface area contributed by atoms with Crippen molar-refractivity contribution >= 4 is 29.2 Å². The highest BCUT2D eigenvalue weighted by Crippen LogP contribution is 2.44. The number of aliphatic carboxylic acids is 1. The monoisotopic (exact) mass is 515 g/mol. The lowest BCUT2D eigenvalue weighted by atomic mass is 9.83. The third kappa shape index (κ3) is 4.60. The van der Waals surface area contributed by atoms with Crippen molar-refractivity contribution in [1.82, 2.24) is 9.88 Å². The summed E-state index contributed by atoms with van der Waals surface area (Å²) in [7, 11) is 0. The molecule has 0 bridgehead atoms. The van der Waals surface area contributed by atoms with Crippen LogP contribution in [0.25, 0.3) is 0 Å². The molecule has 1 aromatic heterocycles. The summed E-state index contributed by atoms with van der Waals surface area (Å²) in [6, 6.07) is 9.18. The number of carboxylic acids is 1. The van der Waals surface area contributed by atoms with E-state index in [-0.39, 0.29) is 30.4 Å². The van der Waals surface area contributed by atoms with Gasteiger partial charge in [0.25, 0.3) is 5.91 Å². The fraction of sp³-hybridized carbons (Fsp3) is 0.429. The summed E-state index contributed by atoms with van der Waals surface area (Å²) in [5.74, 6) is -1.11. The number of ketones is 1. The van der Waals surface area contributed by atoms with Crippen LogP contribution >= 0.6 is 0 Å². The second kappa shape index (κ2) is 9.24. The van der Waals surface area contributed by atoms with Gasteiger partial charge in [-0.25, -0.2) is 4.98 Å². The van der Waals surface area contributed by atoms with Crippen molar-refractivity contribution in [3.8, 4) is 11.8 Å². The minimum atomic E-state index is -1.27. The molecule has 2 N–H and O–H groups in total. The number of pyridine rings is 1. The van der Waals surface area contributed by atoms with Crippen molar-refractivity contribution in [1.29, 1.82) is 10.7 Å². The molecule has 1 fully saturated rings. The number of hydrogen-bond donors (Lipinski definition) is 2. The lowest BCUT2D eigenvalue weighted by molar-refractivity contribution is -0.142. The molecule has 5 rings (SSSR count). The van der Waals surface area contributed by atoms with E-state index >= 15 is 0 Å². The minimum absolute atomic E-state index is 0.0506. The van der Waals surface area contributed by atoms with Gasteiger partial charge in [0.2, 0.25) is 0 Å². The molecule has 1 saturated carbocycles. The molecule has 3 aliphatic rings. The lowest BCUT2D eigenvalue weighted by Gasteiger charge is -2.36. The smallest absolute Gasteiger partial charge is 0.307 e. The summed E-state index contributed by atoms with van der Waals surface area (Å²) in [5, 5.41) is 27.3. The molecule has 0 radical (unpaired) electrons. The van der Waals surface area contributed by atoms with Crippen molar-refractivity contribution in [2.24, 2.45) is 0 Å². The largest absolute Gasteiger partial charge is 0.481 e. The molecule has 3 heterocycles. The third-order valence-electron chi connectivity index (χ3n) is 7.11. The number of nitrogens with zero attached hydrogens (tertiary/aromatic N) is 4. The van der Waals surface area contributed by atoms with Crippen molar-refractivity contribution in [2.45, 2.75) is 64.0 Å². The number of benzene rings is 1. The van der Waals surface area contributed by atoms with Crippen molar-refractivity contribution in [2.75, 3.05) is 18.0 Å². The van der Waals surface area contributed by atoms with Gasteiger partial charge in [0.1, 0.15) is 23.8 Å². The second-order valence-electron chi connectivity index (χ2n) is 11.1. The molecule has 1 aliphatic carbocycles. The number of amidine groups is 1. The van der Waals surface area contributed by atoms with Crippen LogP contribution in [0.3, 0.4) is 0 Å². The standard InChI is InChI=1S/C28H29N5O5/c1-28(2,3)18-10-17(11-20-25(18)38-22(12-23(35)36)27(37)33(20)9-8-29)21(34)14-32-13-16-6-7-19(15-4-5-15)31-24(16)26(32)30/h6-7,10-11,15,22,30H,4-5,9,12-14H2,1-3H3,(H,35,36). The molecule has 0 spiro atoms. The van der Waals surface area contributed by atoms with Gasteiger partial charge in [-0.2, -0.15) is 5.26 Å².